The molecule has 2 heterocycles. The minimum atomic E-state index is -1.62. The fraction of sp³-hybridized carbons (Fsp3) is 0.389. The Bertz CT molecular complexity index is 692. The van der Waals surface area contributed by atoms with E-state index in [1.54, 1.807) is 0 Å². The second-order valence-corrected chi connectivity index (χ2v) is 6.45. The molecule has 1 N–H and O–H groups in total. The van der Waals surface area contributed by atoms with E-state index in [0.29, 0.717) is 18.5 Å². The van der Waals surface area contributed by atoms with E-state index in [1.165, 1.54) is 6.08 Å². The van der Waals surface area contributed by atoms with Gasteiger partial charge in [-0.2, -0.15) is 0 Å². The summed E-state index contributed by atoms with van der Waals surface area (Å²) in [6.45, 7) is 3.82. The third-order valence-electron chi connectivity index (χ3n) is 4.04. The number of carbonyl (C=O) groups is 3. The lowest BCUT2D eigenvalue weighted by Crippen LogP contribution is -2.49. The first-order valence-corrected chi connectivity index (χ1v) is 7.74. The molecule has 0 bridgehead atoms. The molecule has 1 fully saturated rings. The normalized spacial score (nSPS) is 26.2. The van der Waals surface area contributed by atoms with Crippen LogP contribution in [0.15, 0.2) is 42.1 Å². The number of Topliss-reactive ketones (excluding diaryl/α,β-unsaturated/α-hetero) is 1. The van der Waals surface area contributed by atoms with Gasteiger partial charge in [0.1, 0.15) is 0 Å². The van der Waals surface area contributed by atoms with Crippen LogP contribution < -0.4 is 5.32 Å². The van der Waals surface area contributed by atoms with Gasteiger partial charge in [0.2, 0.25) is 11.4 Å². The van der Waals surface area contributed by atoms with Gasteiger partial charge >= 0.3 is 0 Å². The Balaban J connectivity index is 1.74. The van der Waals surface area contributed by atoms with Gasteiger partial charge < -0.3 is 10.1 Å². The number of hydrogen-bond acceptors (Lipinski definition) is 4. The Hall–Kier alpha value is -2.27. The molecule has 2 atom stereocenters. The predicted molar refractivity (Wildman–Crippen MR) is 83.4 cm³/mol. The van der Waals surface area contributed by atoms with Gasteiger partial charge in [0, 0.05) is 24.6 Å². The van der Waals surface area contributed by atoms with Crippen molar-refractivity contribution >= 4 is 17.5 Å². The Morgan fingerprint density at radius 3 is 2.57 bits per heavy atom. The molecule has 1 aromatic rings. The SMILES string of the molecule is CC(C)CC(=O)[C@H]1O[C@]12C(=O)C=C(Cc1ccccc1)NC2=O. The fourth-order valence-electron chi connectivity index (χ4n) is 2.88. The third kappa shape index (κ3) is 2.84. The van der Waals surface area contributed by atoms with Crippen molar-refractivity contribution < 1.29 is 19.1 Å². The lowest BCUT2D eigenvalue weighted by Gasteiger charge is -2.19. The van der Waals surface area contributed by atoms with E-state index in [0.717, 1.165) is 5.56 Å². The van der Waals surface area contributed by atoms with Crippen LogP contribution in [0.4, 0.5) is 0 Å². The molecule has 120 valence electrons. The lowest BCUT2D eigenvalue weighted by atomic mass is 9.89. The smallest absolute Gasteiger partial charge is 0.267 e. The molecule has 0 saturated carbocycles. The summed E-state index contributed by atoms with van der Waals surface area (Å²) >= 11 is 0. The van der Waals surface area contributed by atoms with E-state index in [4.69, 9.17) is 4.74 Å². The van der Waals surface area contributed by atoms with Gasteiger partial charge in [-0.3, -0.25) is 14.4 Å². The van der Waals surface area contributed by atoms with Crippen molar-refractivity contribution in [2.75, 3.05) is 0 Å². The summed E-state index contributed by atoms with van der Waals surface area (Å²) in [6, 6.07) is 9.54. The zero-order valence-electron chi connectivity index (χ0n) is 13.2. The average molecular weight is 313 g/mol. The number of benzene rings is 1. The Labute approximate surface area is 134 Å². The number of ether oxygens (including phenoxy) is 1. The van der Waals surface area contributed by atoms with Crippen molar-refractivity contribution in [1.29, 1.82) is 0 Å². The van der Waals surface area contributed by atoms with E-state index < -0.39 is 23.4 Å². The third-order valence-corrected chi connectivity index (χ3v) is 4.04. The minimum absolute atomic E-state index is 0.162. The number of amides is 1. The quantitative estimate of drug-likeness (QED) is 0.661. The maximum Gasteiger partial charge on any atom is 0.267 e. The summed E-state index contributed by atoms with van der Waals surface area (Å²) in [5.74, 6) is -0.995. The van der Waals surface area contributed by atoms with E-state index in [2.05, 4.69) is 5.32 Å². The number of carbonyl (C=O) groups excluding carboxylic acids is 3. The Morgan fingerprint density at radius 1 is 1.26 bits per heavy atom. The van der Waals surface area contributed by atoms with E-state index in [-0.39, 0.29) is 11.7 Å². The summed E-state index contributed by atoms with van der Waals surface area (Å²) in [5.41, 5.74) is -0.0964. The highest BCUT2D eigenvalue weighted by molar-refractivity contribution is 6.23. The number of nitrogens with one attached hydrogen (secondary N) is 1. The standard InChI is InChI=1S/C18H19NO4/c1-11(2)8-14(20)16-18(23-16)15(21)10-13(19-17(18)22)9-12-6-4-3-5-7-12/h3-7,10-11,16H,8-9H2,1-2H3,(H,19,22)/t16-,18-/m1/s1. The van der Waals surface area contributed by atoms with Gasteiger partial charge in [-0.05, 0) is 11.5 Å². The van der Waals surface area contributed by atoms with Crippen molar-refractivity contribution in [1.82, 2.24) is 5.32 Å². The zero-order chi connectivity index (χ0) is 16.6. The first-order valence-electron chi connectivity index (χ1n) is 7.74. The molecule has 1 saturated heterocycles. The van der Waals surface area contributed by atoms with Crippen molar-refractivity contribution in [3.05, 3.63) is 47.7 Å². The molecule has 5 heteroatoms. The van der Waals surface area contributed by atoms with E-state index in [1.807, 2.05) is 44.2 Å². The molecule has 0 aliphatic carbocycles. The van der Waals surface area contributed by atoms with Gasteiger partial charge in [0.05, 0.1) is 0 Å². The summed E-state index contributed by atoms with van der Waals surface area (Å²) < 4.78 is 5.28. The average Bonchev–Trinajstić information content (AvgIpc) is 3.23. The van der Waals surface area contributed by atoms with Crippen molar-refractivity contribution in [2.45, 2.75) is 38.4 Å². The molecule has 2 aliphatic heterocycles. The summed E-state index contributed by atoms with van der Waals surface area (Å²) in [5, 5.41) is 2.71. The molecular weight excluding hydrogens is 294 g/mol. The van der Waals surface area contributed by atoms with E-state index in [9.17, 15) is 14.4 Å². The molecule has 0 radical (unpaired) electrons. The van der Waals surface area contributed by atoms with Crippen LogP contribution in [0, 0.1) is 5.92 Å². The van der Waals surface area contributed by atoms with Crippen LogP contribution in [0.3, 0.4) is 0 Å². The van der Waals surface area contributed by atoms with Crippen molar-refractivity contribution in [2.24, 2.45) is 5.92 Å². The zero-order valence-corrected chi connectivity index (χ0v) is 13.2. The summed E-state index contributed by atoms with van der Waals surface area (Å²) in [7, 11) is 0. The maximum atomic E-state index is 12.4. The molecule has 2 aliphatic rings. The Morgan fingerprint density at radius 2 is 1.96 bits per heavy atom. The number of rotatable bonds is 5. The second-order valence-electron chi connectivity index (χ2n) is 6.45. The number of epoxide rings is 1. The lowest BCUT2D eigenvalue weighted by molar-refractivity contribution is -0.134. The highest BCUT2D eigenvalue weighted by Gasteiger charge is 2.71. The summed E-state index contributed by atoms with van der Waals surface area (Å²) in [4.78, 5) is 36.8. The highest BCUT2D eigenvalue weighted by atomic mass is 16.6. The first-order chi connectivity index (χ1) is 10.9. The van der Waals surface area contributed by atoms with Gasteiger partial charge in [-0.25, -0.2) is 0 Å². The van der Waals surface area contributed by atoms with Gasteiger partial charge in [-0.15, -0.1) is 0 Å². The fourth-order valence-corrected chi connectivity index (χ4v) is 2.88. The van der Waals surface area contributed by atoms with Crippen LogP contribution in [0.2, 0.25) is 0 Å². The molecule has 5 nitrogen and oxygen atoms in total. The molecule has 1 aromatic carbocycles. The summed E-state index contributed by atoms with van der Waals surface area (Å²) in [6.07, 6.45) is 1.20. The molecular formula is C18H19NO4. The second kappa shape index (κ2) is 5.74. The van der Waals surface area contributed by atoms with Gasteiger partial charge in [-0.1, -0.05) is 44.2 Å². The molecule has 0 aromatic heterocycles. The van der Waals surface area contributed by atoms with Crippen LogP contribution in [-0.2, 0) is 25.5 Å². The molecule has 1 spiro atoms. The van der Waals surface area contributed by atoms with Crippen molar-refractivity contribution in [3.8, 4) is 0 Å². The van der Waals surface area contributed by atoms with Crippen LogP contribution in [0.25, 0.3) is 0 Å². The predicted octanol–water partition coefficient (Wildman–Crippen LogP) is 1.56. The first kappa shape index (κ1) is 15.6. The number of allylic oxidation sites excluding steroid dienone is 1. The highest BCUT2D eigenvalue weighted by Crippen LogP contribution is 2.42. The molecule has 1 amide bonds. The Kier molecular flexibility index (Phi) is 3.90. The van der Waals surface area contributed by atoms with E-state index >= 15 is 0 Å². The molecule has 0 unspecified atom stereocenters. The molecule has 3 rings (SSSR count). The molecule has 23 heavy (non-hydrogen) atoms. The number of hydrogen-bond donors (Lipinski definition) is 1. The van der Waals surface area contributed by atoms with Gasteiger partial charge in [0.25, 0.3) is 5.91 Å². The van der Waals surface area contributed by atoms with Gasteiger partial charge in [0.15, 0.2) is 11.9 Å². The van der Waals surface area contributed by atoms with Crippen LogP contribution in [-0.4, -0.2) is 29.2 Å². The van der Waals surface area contributed by atoms with Crippen molar-refractivity contribution in [3.63, 3.8) is 0 Å². The number of ketones is 2. The minimum Gasteiger partial charge on any atom is -0.339 e. The largest absolute Gasteiger partial charge is 0.339 e. The monoisotopic (exact) mass is 313 g/mol. The van der Waals surface area contributed by atoms with Crippen LogP contribution in [0.1, 0.15) is 25.8 Å². The van der Waals surface area contributed by atoms with Crippen LogP contribution >= 0.6 is 0 Å². The maximum absolute atomic E-state index is 12.4. The van der Waals surface area contributed by atoms with Crippen LogP contribution in [0.5, 0.6) is 0 Å². The topological polar surface area (TPSA) is 75.8 Å².